The second-order valence-electron chi connectivity index (χ2n) is 5.05. The van der Waals surface area contributed by atoms with E-state index in [1.165, 1.54) is 16.3 Å². The summed E-state index contributed by atoms with van der Waals surface area (Å²) in [5, 5.41) is 9.56. The van der Waals surface area contributed by atoms with Crippen molar-refractivity contribution in [1.29, 1.82) is 0 Å². The Morgan fingerprint density at radius 1 is 1.05 bits per heavy atom. The molecule has 3 rings (SSSR count). The van der Waals surface area contributed by atoms with Crippen LogP contribution in [0.4, 0.5) is 0 Å². The van der Waals surface area contributed by atoms with Gasteiger partial charge in [0.15, 0.2) is 0 Å². The average Bonchev–Trinajstić information content (AvgIpc) is 2.49. The first-order valence-corrected chi connectivity index (χ1v) is 7.00. The normalized spacial score (nSPS) is 18.6. The molecule has 1 heterocycles. The molecule has 0 radical (unpaired) electrons. The second kappa shape index (κ2) is 5.70. The summed E-state index contributed by atoms with van der Waals surface area (Å²) in [6.45, 7) is 4.33. The molecule has 2 aromatic rings. The molecule has 1 atom stereocenters. The lowest BCUT2D eigenvalue weighted by molar-refractivity contribution is 0.154. The van der Waals surface area contributed by atoms with Gasteiger partial charge in [-0.05, 0) is 23.4 Å². The molecule has 2 N–H and O–H groups in total. The molecule has 1 aliphatic rings. The predicted octanol–water partition coefficient (Wildman–Crippen LogP) is 1.96. The third-order valence-corrected chi connectivity index (χ3v) is 3.91. The van der Waals surface area contributed by atoms with Crippen LogP contribution in [-0.4, -0.2) is 38.1 Å². The molecule has 0 bridgehead atoms. The Labute approximate surface area is 114 Å². The zero-order valence-corrected chi connectivity index (χ0v) is 11.4. The topological polar surface area (TPSA) is 27.3 Å². The Bertz CT molecular complexity index is 541. The summed E-state index contributed by atoms with van der Waals surface area (Å²) in [4.78, 5) is 2.51. The number of rotatable bonds is 3. The monoisotopic (exact) mass is 255 g/mol. The lowest BCUT2D eigenvalue weighted by Gasteiger charge is -2.35. The van der Waals surface area contributed by atoms with E-state index >= 15 is 0 Å². The molecule has 1 aliphatic heterocycles. The molecule has 1 saturated heterocycles. The first-order valence-electron chi connectivity index (χ1n) is 7.00. The van der Waals surface area contributed by atoms with Crippen LogP contribution in [0.5, 0.6) is 0 Å². The van der Waals surface area contributed by atoms with Crippen molar-refractivity contribution in [1.82, 2.24) is 15.5 Å². The second-order valence-corrected chi connectivity index (χ2v) is 5.05. The molecule has 100 valence electrons. The fourth-order valence-electron chi connectivity index (χ4n) is 2.96. The van der Waals surface area contributed by atoms with Gasteiger partial charge in [0.05, 0.1) is 6.17 Å². The van der Waals surface area contributed by atoms with Crippen molar-refractivity contribution in [3.05, 3.63) is 48.0 Å². The fourth-order valence-corrected chi connectivity index (χ4v) is 2.96. The van der Waals surface area contributed by atoms with Crippen LogP contribution < -0.4 is 10.6 Å². The highest BCUT2D eigenvalue weighted by atomic mass is 15.3. The molecule has 2 aromatic carbocycles. The molecule has 0 spiro atoms. The van der Waals surface area contributed by atoms with Crippen molar-refractivity contribution in [3.63, 3.8) is 0 Å². The fraction of sp³-hybridized carbons (Fsp3) is 0.375. The average molecular weight is 255 g/mol. The molecule has 3 nitrogen and oxygen atoms in total. The van der Waals surface area contributed by atoms with Crippen LogP contribution >= 0.6 is 0 Å². The highest BCUT2D eigenvalue weighted by Crippen LogP contribution is 2.26. The molecule has 1 unspecified atom stereocenters. The molecule has 1 fully saturated rings. The standard InChI is InChI=1S/C16H21N3/c1-17-16(19-11-9-18-10-12-19)15-8-4-6-13-5-2-3-7-14(13)15/h2-8,16-18H,9-12H2,1H3. The van der Waals surface area contributed by atoms with Gasteiger partial charge in [0.2, 0.25) is 0 Å². The van der Waals surface area contributed by atoms with E-state index in [1.54, 1.807) is 0 Å². The van der Waals surface area contributed by atoms with Gasteiger partial charge in [-0.1, -0.05) is 42.5 Å². The lowest BCUT2D eigenvalue weighted by Crippen LogP contribution is -2.48. The van der Waals surface area contributed by atoms with E-state index in [2.05, 4.69) is 65.0 Å². The van der Waals surface area contributed by atoms with Gasteiger partial charge in [0.25, 0.3) is 0 Å². The van der Waals surface area contributed by atoms with Crippen molar-refractivity contribution in [2.24, 2.45) is 0 Å². The lowest BCUT2D eigenvalue weighted by atomic mass is 10.0. The highest BCUT2D eigenvalue weighted by molar-refractivity contribution is 5.86. The zero-order chi connectivity index (χ0) is 13.1. The Morgan fingerprint density at radius 3 is 2.58 bits per heavy atom. The summed E-state index contributed by atoms with van der Waals surface area (Å²) in [7, 11) is 2.05. The molecular weight excluding hydrogens is 234 g/mol. The number of piperazine rings is 1. The summed E-state index contributed by atoms with van der Waals surface area (Å²) >= 11 is 0. The van der Waals surface area contributed by atoms with Crippen LogP contribution in [0.15, 0.2) is 42.5 Å². The summed E-state index contributed by atoms with van der Waals surface area (Å²) < 4.78 is 0. The van der Waals surface area contributed by atoms with E-state index in [-0.39, 0.29) is 0 Å². The minimum absolute atomic E-state index is 0.299. The summed E-state index contributed by atoms with van der Waals surface area (Å²) in [6.07, 6.45) is 0.299. The van der Waals surface area contributed by atoms with Crippen molar-refractivity contribution in [2.75, 3.05) is 33.2 Å². The maximum Gasteiger partial charge on any atom is 0.0865 e. The van der Waals surface area contributed by atoms with Crippen LogP contribution in [0.2, 0.25) is 0 Å². The van der Waals surface area contributed by atoms with E-state index in [0.29, 0.717) is 6.17 Å². The minimum atomic E-state index is 0.299. The number of hydrogen-bond acceptors (Lipinski definition) is 3. The third kappa shape index (κ3) is 2.50. The van der Waals surface area contributed by atoms with E-state index in [0.717, 1.165) is 26.2 Å². The van der Waals surface area contributed by atoms with E-state index < -0.39 is 0 Å². The molecule has 0 aromatic heterocycles. The number of hydrogen-bond donors (Lipinski definition) is 2. The van der Waals surface area contributed by atoms with Crippen LogP contribution in [0.1, 0.15) is 11.7 Å². The highest BCUT2D eigenvalue weighted by Gasteiger charge is 2.21. The Morgan fingerprint density at radius 2 is 1.79 bits per heavy atom. The molecule has 19 heavy (non-hydrogen) atoms. The van der Waals surface area contributed by atoms with Crippen molar-refractivity contribution < 1.29 is 0 Å². The van der Waals surface area contributed by atoms with Gasteiger partial charge in [0.1, 0.15) is 0 Å². The maximum absolute atomic E-state index is 3.48. The number of benzene rings is 2. The van der Waals surface area contributed by atoms with E-state index in [1.807, 2.05) is 0 Å². The summed E-state index contributed by atoms with van der Waals surface area (Å²) in [5.41, 5.74) is 1.38. The Balaban J connectivity index is 2.00. The number of nitrogens with zero attached hydrogens (tertiary/aromatic N) is 1. The minimum Gasteiger partial charge on any atom is -0.314 e. The van der Waals surface area contributed by atoms with Crippen molar-refractivity contribution in [3.8, 4) is 0 Å². The zero-order valence-electron chi connectivity index (χ0n) is 11.4. The maximum atomic E-state index is 3.48. The third-order valence-electron chi connectivity index (χ3n) is 3.91. The van der Waals surface area contributed by atoms with Crippen LogP contribution in [0.25, 0.3) is 10.8 Å². The smallest absolute Gasteiger partial charge is 0.0865 e. The molecule has 0 amide bonds. The Kier molecular flexibility index (Phi) is 3.78. The van der Waals surface area contributed by atoms with E-state index in [9.17, 15) is 0 Å². The van der Waals surface area contributed by atoms with Gasteiger partial charge in [-0.2, -0.15) is 0 Å². The van der Waals surface area contributed by atoms with E-state index in [4.69, 9.17) is 0 Å². The van der Waals surface area contributed by atoms with Crippen LogP contribution in [-0.2, 0) is 0 Å². The predicted molar refractivity (Wildman–Crippen MR) is 80.2 cm³/mol. The van der Waals surface area contributed by atoms with Gasteiger partial charge in [-0.15, -0.1) is 0 Å². The molecule has 3 heteroatoms. The van der Waals surface area contributed by atoms with Crippen LogP contribution in [0.3, 0.4) is 0 Å². The largest absolute Gasteiger partial charge is 0.314 e. The number of nitrogens with one attached hydrogen (secondary N) is 2. The first-order chi connectivity index (χ1) is 9.40. The van der Waals surface area contributed by atoms with Crippen LogP contribution in [0, 0.1) is 0 Å². The SMILES string of the molecule is CNC(c1cccc2ccccc12)N1CCNCC1. The van der Waals surface area contributed by atoms with Crippen molar-refractivity contribution >= 4 is 10.8 Å². The molecular formula is C16H21N3. The molecule has 0 saturated carbocycles. The van der Waals surface area contributed by atoms with Crippen molar-refractivity contribution in [2.45, 2.75) is 6.17 Å². The van der Waals surface area contributed by atoms with Gasteiger partial charge < -0.3 is 10.6 Å². The number of fused-ring (bicyclic) bond motifs is 1. The van der Waals surface area contributed by atoms with Gasteiger partial charge >= 0.3 is 0 Å². The summed E-state index contributed by atoms with van der Waals surface area (Å²) in [6, 6.07) is 15.2. The first kappa shape index (κ1) is 12.6. The quantitative estimate of drug-likeness (QED) is 0.878. The van der Waals surface area contributed by atoms with Gasteiger partial charge in [-0.3, -0.25) is 4.90 Å². The van der Waals surface area contributed by atoms with Gasteiger partial charge in [-0.25, -0.2) is 0 Å². The Hall–Kier alpha value is -1.42. The summed E-state index contributed by atoms with van der Waals surface area (Å²) in [5.74, 6) is 0. The van der Waals surface area contributed by atoms with Gasteiger partial charge in [0, 0.05) is 26.2 Å². The molecule has 0 aliphatic carbocycles.